The molecule has 1 aromatic rings. The number of carboxylic acid groups (broad SMARTS) is 1. The molecule has 29 N–H and O–H groups in total. The number of oxime groups is 2. The molecule has 0 unspecified atom stereocenters. The molecule has 0 bridgehead atoms. The lowest BCUT2D eigenvalue weighted by Gasteiger charge is -2.31. The molecule has 131 heavy (non-hydrogen) atoms. The normalized spacial score (nSPS) is 15.8. The Kier molecular flexibility index (Phi) is 51.3. The van der Waals surface area contributed by atoms with E-state index >= 15 is 0 Å². The Morgan fingerprint density at radius 1 is 0.527 bits per heavy atom. The molecule has 0 saturated carbocycles. The van der Waals surface area contributed by atoms with E-state index in [1.165, 1.54) is 32.0 Å². The minimum Gasteiger partial charge on any atom is -0.507 e. The van der Waals surface area contributed by atoms with Crippen LogP contribution in [-0.2, 0) is 92.7 Å². The molecule has 17 amide bonds. The zero-order valence-electron chi connectivity index (χ0n) is 77.2. The number of carbonyl (C=O) groups is 18. The van der Waals surface area contributed by atoms with Crippen molar-refractivity contribution in [1.82, 2.24) is 89.6 Å². The number of aliphatic hydroxyl groups is 2. The topological polar surface area (TPSA) is 744 Å². The summed E-state index contributed by atoms with van der Waals surface area (Å²) in [5, 5.41) is 107. The van der Waals surface area contributed by atoms with Crippen molar-refractivity contribution in [2.75, 3.05) is 65.5 Å². The number of carbonyl (C=O) groups excluding carboxylic acids is 17. The Labute approximate surface area is 775 Å². The fraction of sp³-hybridized carbons (Fsp3) is 0.687. The highest BCUT2D eigenvalue weighted by Crippen LogP contribution is 2.24. The maximum absolute atomic E-state index is 14.8. The summed E-state index contributed by atoms with van der Waals surface area (Å²) in [6, 6.07) is -15.4. The lowest BCUT2D eigenvalue weighted by atomic mass is 9.99. The minimum absolute atomic E-state index is 0.0124. The first kappa shape index (κ1) is 116. The standard InChI is InChI=1S/C83H140IN23O24/c1-43(2)36-56(74(122)94-52(18-15-16-28-85)70(118)90-41-66(115)89-29-33-106(34-30-91-82(11,12)47(8)104-130)35-31-92-83(13,14)48(9)105-131)98-75(123)57(37-44(3)4)100-80(128)69(46(7)109)103-77(125)58(39-50-20-24-62(111)51(84)38-50)99-78(126)61-19-17-32-107(61)81(129)60(42-108)101-79(127)68(45(5)6)102-73(121)54(22-26-64(87)113)95-72(120)55(23-27-67(116)117)96-71(119)53(21-25-63(86)112)97-76(124)59(40-65(88)114)93-49(10)110/h20,24,38,43-46,52-61,68-69,91-92,108-109,111,130-131H,15-19,21-23,25-37,39-42,85H2,1-14H3,(H2,86,112)(H2,87,113)(H2,88,114)(H,89,115)(H,90,118)(H,93,110)(H,94,122)(H,95,120)(H,96,119)(H,97,124)(H,98,123)(H,99,126)(H,100,128)(H,101,127)(H,102,121)(H,103,125)(H,116,117)/b104-47-,105-48-/t46-,52+,53+,54+,55+,56+,57+,58+,59+,60+,61+,68+,69+/m1/s1. The van der Waals surface area contributed by atoms with Gasteiger partial charge >= 0.3 is 5.97 Å². The summed E-state index contributed by atoms with van der Waals surface area (Å²) in [4.78, 5) is 248. The Bertz CT molecular complexity index is 4080. The van der Waals surface area contributed by atoms with Crippen molar-refractivity contribution in [2.24, 2.45) is 51.0 Å². The van der Waals surface area contributed by atoms with Gasteiger partial charge in [-0.25, -0.2) is 0 Å². The van der Waals surface area contributed by atoms with Crippen LogP contribution >= 0.6 is 22.6 Å². The molecule has 1 aliphatic heterocycles. The van der Waals surface area contributed by atoms with E-state index < -0.39 is 260 Å². The number of phenols is 1. The van der Waals surface area contributed by atoms with E-state index in [1.54, 1.807) is 41.5 Å². The second kappa shape index (κ2) is 57.9. The molecule has 1 aromatic carbocycles. The third-order valence-electron chi connectivity index (χ3n) is 21.6. The Hall–Kier alpha value is -11.1. The summed E-state index contributed by atoms with van der Waals surface area (Å²) in [7, 11) is 0. The average Bonchev–Trinajstić information content (AvgIpc) is 1.72. The maximum Gasteiger partial charge on any atom is 0.303 e. The summed E-state index contributed by atoms with van der Waals surface area (Å²) < 4.78 is 0.314. The van der Waals surface area contributed by atoms with Gasteiger partial charge in [-0.15, -0.1) is 0 Å². The summed E-state index contributed by atoms with van der Waals surface area (Å²) in [5.41, 5.74) is 21.8. The van der Waals surface area contributed by atoms with Crippen molar-refractivity contribution < 1.29 is 117 Å². The van der Waals surface area contributed by atoms with E-state index in [0.717, 1.165) is 18.7 Å². The molecule has 0 aromatic heterocycles. The number of aromatic hydroxyl groups is 1. The Balaban J connectivity index is 2.47. The number of nitrogens with one attached hydrogen (secondary N) is 15. The number of benzene rings is 1. The Morgan fingerprint density at radius 2 is 0.962 bits per heavy atom. The van der Waals surface area contributed by atoms with E-state index in [9.17, 15) is 117 Å². The summed E-state index contributed by atoms with van der Waals surface area (Å²) in [6.45, 7) is 23.8. The van der Waals surface area contributed by atoms with Crippen LogP contribution in [0.2, 0.25) is 0 Å². The molecule has 1 heterocycles. The van der Waals surface area contributed by atoms with Gasteiger partial charge < -0.3 is 138 Å². The first-order chi connectivity index (χ1) is 61.2. The number of halogens is 1. The van der Waals surface area contributed by atoms with Gasteiger partial charge in [0.05, 0.1) is 51.7 Å². The zero-order valence-corrected chi connectivity index (χ0v) is 79.3. The molecule has 0 spiro atoms. The van der Waals surface area contributed by atoms with Crippen LogP contribution < -0.4 is 103 Å². The van der Waals surface area contributed by atoms with Crippen LogP contribution in [0.1, 0.15) is 192 Å². The number of phenolic OH excluding ortho intramolecular Hbond substituents is 1. The lowest BCUT2D eigenvalue weighted by molar-refractivity contribution is -0.143. The van der Waals surface area contributed by atoms with Crippen LogP contribution in [0.4, 0.5) is 0 Å². The van der Waals surface area contributed by atoms with Crippen molar-refractivity contribution in [3.63, 3.8) is 0 Å². The quantitative estimate of drug-likeness (QED) is 0.00950. The van der Waals surface area contributed by atoms with Crippen LogP contribution in [0, 0.1) is 21.3 Å². The minimum atomic E-state index is -1.88. The predicted molar refractivity (Wildman–Crippen MR) is 486 cm³/mol. The molecule has 47 nitrogen and oxygen atoms in total. The zero-order chi connectivity index (χ0) is 99.5. The lowest BCUT2D eigenvalue weighted by Crippen LogP contribution is -2.62. The smallest absolute Gasteiger partial charge is 0.303 e. The average molecular weight is 1970 g/mol. The highest BCUT2D eigenvalue weighted by atomic mass is 127. The van der Waals surface area contributed by atoms with Crippen molar-refractivity contribution in [3.05, 3.63) is 27.3 Å². The fourth-order valence-corrected chi connectivity index (χ4v) is 14.1. The molecule has 13 atom stereocenters. The molecule has 0 aliphatic carbocycles. The first-order valence-corrected chi connectivity index (χ1v) is 44.6. The van der Waals surface area contributed by atoms with Crippen molar-refractivity contribution in [3.8, 4) is 5.75 Å². The van der Waals surface area contributed by atoms with Crippen molar-refractivity contribution in [2.45, 2.75) is 283 Å². The van der Waals surface area contributed by atoms with Gasteiger partial charge in [-0.2, -0.15) is 0 Å². The fourth-order valence-electron chi connectivity index (χ4n) is 13.5. The molecular formula is C83H140IN23O24. The molecule has 48 heteroatoms. The number of nitrogens with zero attached hydrogens (tertiary/aromatic N) is 4. The second-order valence-electron chi connectivity index (χ2n) is 34.6. The Morgan fingerprint density at radius 3 is 1.40 bits per heavy atom. The summed E-state index contributed by atoms with van der Waals surface area (Å²) >= 11 is 1.82. The van der Waals surface area contributed by atoms with Gasteiger partial charge in [0.25, 0.3) is 0 Å². The number of hydrogen-bond donors (Lipinski definition) is 25. The summed E-state index contributed by atoms with van der Waals surface area (Å²) in [5.74, 6) is -20.0. The van der Waals surface area contributed by atoms with Crippen LogP contribution in [0.15, 0.2) is 28.5 Å². The number of carboxylic acids is 1. The van der Waals surface area contributed by atoms with E-state index in [1.807, 2.05) is 50.3 Å². The SMILES string of the molecule is CC(=O)N[C@@H](CC(N)=O)C(=O)N[C@@H](CCC(N)=O)C(=O)N[C@@H](CCC(=O)O)C(=O)N[C@@H](CCC(N)=O)C(=O)N[C@H](C(=O)N[C@@H](CO)C(=O)N1CCC[C@H]1C(=O)N[C@@H](Cc1ccc(O)c(I)c1)C(=O)N[C@H](C(=O)N[C@@H](CC(C)C)C(=O)N[C@@H](CC(C)C)C(=O)N[C@@H](CCCCN)C(=O)NCC(=O)NCCN(CCNC(C)(C)/C(C)=N\O)CCNC(C)(C)/C(C)=N\O)[C@@H](C)O)C(C)C. The number of amides is 17. The van der Waals surface area contributed by atoms with Crippen molar-refractivity contribution >= 4 is 140 Å². The highest BCUT2D eigenvalue weighted by Gasteiger charge is 2.43. The van der Waals surface area contributed by atoms with Gasteiger partial charge in [0.1, 0.15) is 78.3 Å². The number of primary amides is 3. The largest absolute Gasteiger partial charge is 0.507 e. The highest BCUT2D eigenvalue weighted by molar-refractivity contribution is 14.1. The van der Waals surface area contributed by atoms with Crippen LogP contribution in [-0.4, -0.2) is 314 Å². The number of unbranched alkanes of at least 4 members (excludes halogenated alkanes) is 1. The van der Waals surface area contributed by atoms with Gasteiger partial charge in [0, 0.05) is 78.4 Å². The number of nitrogens with two attached hydrogens (primary N) is 4. The third kappa shape index (κ3) is 42.8. The molecular weight excluding hydrogens is 1830 g/mol. The van der Waals surface area contributed by atoms with Crippen LogP contribution in [0.25, 0.3) is 0 Å². The molecule has 1 aliphatic rings. The van der Waals surface area contributed by atoms with E-state index in [-0.39, 0.29) is 75.7 Å². The molecule has 2 rings (SSSR count). The van der Waals surface area contributed by atoms with E-state index in [2.05, 4.69) is 95.0 Å². The first-order valence-electron chi connectivity index (χ1n) is 43.5. The molecule has 738 valence electrons. The van der Waals surface area contributed by atoms with Crippen LogP contribution in [0.3, 0.4) is 0 Å². The van der Waals surface area contributed by atoms with Gasteiger partial charge in [0.15, 0.2) is 0 Å². The van der Waals surface area contributed by atoms with Gasteiger partial charge in [-0.3, -0.25) is 91.2 Å². The van der Waals surface area contributed by atoms with Gasteiger partial charge in [-0.1, -0.05) is 57.9 Å². The van der Waals surface area contributed by atoms with E-state index in [0.29, 0.717) is 66.1 Å². The number of aliphatic hydroxyl groups excluding tert-OH is 2. The maximum atomic E-state index is 14.8. The second-order valence-corrected chi connectivity index (χ2v) is 35.8. The monoisotopic (exact) mass is 1970 g/mol. The van der Waals surface area contributed by atoms with Gasteiger partial charge in [-0.05, 0) is 177 Å². The number of likely N-dealkylation sites (tertiary alicyclic amines) is 1. The molecule has 1 saturated heterocycles. The van der Waals surface area contributed by atoms with Crippen LogP contribution in [0.5, 0.6) is 5.75 Å². The third-order valence-corrected chi connectivity index (χ3v) is 22.4. The predicted octanol–water partition coefficient (Wildman–Crippen LogP) is -5.62. The van der Waals surface area contributed by atoms with E-state index in [4.69, 9.17) is 22.9 Å². The number of rotatable bonds is 62. The summed E-state index contributed by atoms with van der Waals surface area (Å²) in [6.07, 6.45) is -5.77. The molecule has 1 fully saturated rings. The number of hydrogen-bond acceptors (Lipinski definition) is 29. The van der Waals surface area contributed by atoms with Gasteiger partial charge in [0.2, 0.25) is 100 Å². The van der Waals surface area contributed by atoms with Crippen molar-refractivity contribution in [1.29, 1.82) is 0 Å². The number of aliphatic carboxylic acids is 1. The molecule has 0 radical (unpaired) electrons.